The molecule has 3 fully saturated rings. The minimum Gasteiger partial charge on any atom is -0.378 e. The van der Waals surface area contributed by atoms with Crippen LogP contribution in [0.5, 0.6) is 0 Å². The van der Waals surface area contributed by atoms with Crippen LogP contribution in [-0.2, 0) is 4.74 Å². The molecule has 20 heavy (non-hydrogen) atoms. The Morgan fingerprint density at radius 3 is 3.15 bits per heavy atom. The van der Waals surface area contributed by atoms with E-state index < -0.39 is 0 Å². The largest absolute Gasteiger partial charge is 0.378 e. The van der Waals surface area contributed by atoms with Gasteiger partial charge in [-0.3, -0.25) is 4.99 Å². The third-order valence-electron chi connectivity index (χ3n) is 5.17. The van der Waals surface area contributed by atoms with Gasteiger partial charge in [0.25, 0.3) is 0 Å². The van der Waals surface area contributed by atoms with Crippen LogP contribution >= 0.6 is 11.8 Å². The molecule has 3 nitrogen and oxygen atoms in total. The molecule has 4 atom stereocenters. The van der Waals surface area contributed by atoms with Crippen molar-refractivity contribution in [1.29, 1.82) is 0 Å². The molecule has 2 heterocycles. The molecule has 4 heteroatoms. The van der Waals surface area contributed by atoms with E-state index in [1.54, 1.807) is 0 Å². The first-order valence-electron chi connectivity index (χ1n) is 8.28. The molecule has 0 amide bonds. The van der Waals surface area contributed by atoms with Crippen molar-refractivity contribution in [2.75, 3.05) is 18.9 Å². The Bertz CT molecular complexity index is 373. The number of nitrogens with zero attached hydrogens (tertiary/aromatic N) is 1. The predicted octanol–water partition coefficient (Wildman–Crippen LogP) is 3.44. The van der Waals surface area contributed by atoms with Crippen molar-refractivity contribution in [2.24, 2.45) is 16.8 Å². The van der Waals surface area contributed by atoms with E-state index in [0.29, 0.717) is 17.6 Å². The van der Waals surface area contributed by atoms with Gasteiger partial charge in [-0.1, -0.05) is 38.5 Å². The van der Waals surface area contributed by atoms with Crippen molar-refractivity contribution >= 4 is 16.9 Å². The van der Waals surface area contributed by atoms with E-state index in [0.717, 1.165) is 25.5 Å². The van der Waals surface area contributed by atoms with Gasteiger partial charge in [0.05, 0.1) is 6.10 Å². The van der Waals surface area contributed by atoms with Gasteiger partial charge in [-0.25, -0.2) is 0 Å². The number of amidine groups is 1. The fraction of sp³-hybridized carbons (Fsp3) is 0.938. The zero-order valence-electron chi connectivity index (χ0n) is 12.9. The number of nitrogens with one attached hydrogen (secondary N) is 1. The Morgan fingerprint density at radius 1 is 1.45 bits per heavy atom. The van der Waals surface area contributed by atoms with Gasteiger partial charge in [-0.15, -0.1) is 0 Å². The van der Waals surface area contributed by atoms with Crippen LogP contribution in [0.15, 0.2) is 4.99 Å². The summed E-state index contributed by atoms with van der Waals surface area (Å²) in [5.74, 6) is 2.72. The smallest absolute Gasteiger partial charge is 0.157 e. The van der Waals surface area contributed by atoms with Crippen molar-refractivity contribution in [1.82, 2.24) is 5.32 Å². The number of aliphatic imine (C=N–C) groups is 1. The summed E-state index contributed by atoms with van der Waals surface area (Å²) in [6, 6.07) is 0. The Balaban J connectivity index is 1.55. The Hall–Kier alpha value is -0.220. The molecular weight excluding hydrogens is 268 g/mol. The average molecular weight is 296 g/mol. The normalized spacial score (nSPS) is 43.3. The zero-order chi connectivity index (χ0) is 14.0. The van der Waals surface area contributed by atoms with Gasteiger partial charge in [0.15, 0.2) is 5.17 Å². The fourth-order valence-electron chi connectivity index (χ4n) is 4.05. The first-order chi connectivity index (χ1) is 9.71. The summed E-state index contributed by atoms with van der Waals surface area (Å²) in [6.07, 6.45) is 8.17. The van der Waals surface area contributed by atoms with E-state index in [9.17, 15) is 0 Å². The minimum atomic E-state index is 0.359. The third kappa shape index (κ3) is 3.16. The topological polar surface area (TPSA) is 33.6 Å². The second-order valence-corrected chi connectivity index (χ2v) is 7.87. The maximum absolute atomic E-state index is 5.76. The van der Waals surface area contributed by atoms with Crippen molar-refractivity contribution in [3.8, 4) is 0 Å². The molecular formula is C16H28N2OS. The number of rotatable bonds is 3. The highest BCUT2D eigenvalue weighted by Gasteiger charge is 2.40. The SMILES string of the molecule is CCC1OCCC1CN=C1NC2(CCCC(C)C2)CS1. The van der Waals surface area contributed by atoms with Crippen LogP contribution in [0.2, 0.25) is 0 Å². The Kier molecular flexibility index (Phi) is 4.61. The van der Waals surface area contributed by atoms with Crippen molar-refractivity contribution in [3.05, 3.63) is 0 Å². The minimum absolute atomic E-state index is 0.359. The summed E-state index contributed by atoms with van der Waals surface area (Å²) in [5.41, 5.74) is 0.359. The summed E-state index contributed by atoms with van der Waals surface area (Å²) in [6.45, 7) is 6.48. The van der Waals surface area contributed by atoms with Gasteiger partial charge in [0.1, 0.15) is 0 Å². The lowest BCUT2D eigenvalue weighted by Gasteiger charge is -2.36. The average Bonchev–Trinajstić information content (AvgIpc) is 3.03. The van der Waals surface area contributed by atoms with Gasteiger partial charge >= 0.3 is 0 Å². The van der Waals surface area contributed by atoms with Crippen LogP contribution < -0.4 is 5.32 Å². The van der Waals surface area contributed by atoms with Gasteiger partial charge in [0.2, 0.25) is 0 Å². The molecule has 1 saturated carbocycles. The number of ether oxygens (including phenoxy) is 1. The van der Waals surface area contributed by atoms with Crippen LogP contribution in [0.1, 0.15) is 52.4 Å². The molecule has 3 rings (SSSR count). The van der Waals surface area contributed by atoms with Crippen molar-refractivity contribution < 1.29 is 4.74 Å². The zero-order valence-corrected chi connectivity index (χ0v) is 13.7. The van der Waals surface area contributed by atoms with Gasteiger partial charge in [-0.05, 0) is 31.6 Å². The molecule has 114 valence electrons. The van der Waals surface area contributed by atoms with Gasteiger partial charge in [-0.2, -0.15) is 0 Å². The Labute approximate surface area is 127 Å². The van der Waals surface area contributed by atoms with Crippen LogP contribution in [0.4, 0.5) is 0 Å². The molecule has 1 aliphatic carbocycles. The van der Waals surface area contributed by atoms with E-state index in [-0.39, 0.29) is 0 Å². The lowest BCUT2D eigenvalue weighted by molar-refractivity contribution is 0.0893. The molecule has 2 aliphatic heterocycles. The van der Waals surface area contributed by atoms with Crippen LogP contribution in [0.3, 0.4) is 0 Å². The summed E-state index contributed by atoms with van der Waals surface area (Å²) < 4.78 is 5.76. The van der Waals surface area contributed by atoms with E-state index in [1.165, 1.54) is 43.0 Å². The summed E-state index contributed by atoms with van der Waals surface area (Å²) >= 11 is 1.94. The van der Waals surface area contributed by atoms with E-state index in [4.69, 9.17) is 9.73 Å². The van der Waals surface area contributed by atoms with Crippen LogP contribution in [-0.4, -0.2) is 35.7 Å². The monoisotopic (exact) mass is 296 g/mol. The molecule has 1 N–H and O–H groups in total. The highest BCUT2D eigenvalue weighted by molar-refractivity contribution is 8.14. The summed E-state index contributed by atoms with van der Waals surface area (Å²) in [4.78, 5) is 4.87. The quantitative estimate of drug-likeness (QED) is 0.866. The molecule has 2 saturated heterocycles. The molecule has 0 aromatic rings. The van der Waals surface area contributed by atoms with E-state index in [1.807, 2.05) is 11.8 Å². The lowest BCUT2D eigenvalue weighted by Crippen LogP contribution is -2.47. The van der Waals surface area contributed by atoms with E-state index in [2.05, 4.69) is 19.2 Å². The summed E-state index contributed by atoms with van der Waals surface area (Å²) in [7, 11) is 0. The first-order valence-corrected chi connectivity index (χ1v) is 9.26. The summed E-state index contributed by atoms with van der Waals surface area (Å²) in [5, 5.41) is 4.96. The van der Waals surface area contributed by atoms with Crippen LogP contribution in [0.25, 0.3) is 0 Å². The molecule has 0 radical (unpaired) electrons. The van der Waals surface area contributed by atoms with Crippen molar-refractivity contribution in [2.45, 2.75) is 64.0 Å². The van der Waals surface area contributed by atoms with Crippen LogP contribution in [0, 0.1) is 11.8 Å². The second-order valence-electron chi connectivity index (χ2n) is 6.91. The molecule has 0 aromatic heterocycles. The fourth-order valence-corrected chi connectivity index (χ4v) is 5.25. The molecule has 1 spiro atoms. The highest BCUT2D eigenvalue weighted by Crippen LogP contribution is 2.38. The number of hydrogen-bond acceptors (Lipinski definition) is 3. The number of hydrogen-bond donors (Lipinski definition) is 1. The number of thioether (sulfide) groups is 1. The maximum atomic E-state index is 5.76. The molecule has 4 unspecified atom stereocenters. The molecule has 0 aromatic carbocycles. The van der Waals surface area contributed by atoms with Crippen molar-refractivity contribution in [3.63, 3.8) is 0 Å². The predicted molar refractivity (Wildman–Crippen MR) is 86.4 cm³/mol. The van der Waals surface area contributed by atoms with Gasteiger partial charge < -0.3 is 10.1 Å². The van der Waals surface area contributed by atoms with E-state index >= 15 is 0 Å². The maximum Gasteiger partial charge on any atom is 0.157 e. The standard InChI is InChI=1S/C16H28N2OS/c1-3-14-13(6-8-19-14)10-17-15-18-16(11-20-15)7-4-5-12(2)9-16/h12-14H,3-11H2,1-2H3,(H,17,18). The lowest BCUT2D eigenvalue weighted by atomic mass is 9.78. The second kappa shape index (κ2) is 6.27. The highest BCUT2D eigenvalue weighted by atomic mass is 32.2. The third-order valence-corrected chi connectivity index (χ3v) is 6.37. The first kappa shape index (κ1) is 14.7. The molecule has 3 aliphatic rings. The Morgan fingerprint density at radius 2 is 2.35 bits per heavy atom. The van der Waals surface area contributed by atoms with Gasteiger partial charge in [0, 0.05) is 30.4 Å². The molecule has 0 bridgehead atoms.